The molecule has 1 aliphatic rings. The first kappa shape index (κ1) is 23.1. The van der Waals surface area contributed by atoms with Crippen molar-refractivity contribution in [2.75, 3.05) is 23.8 Å². The molecule has 2 aromatic carbocycles. The van der Waals surface area contributed by atoms with Gasteiger partial charge in [-0.3, -0.25) is 9.10 Å². The Morgan fingerprint density at radius 1 is 1.12 bits per heavy atom. The molecule has 0 bridgehead atoms. The van der Waals surface area contributed by atoms with Gasteiger partial charge >= 0.3 is 0 Å². The lowest BCUT2D eigenvalue weighted by atomic mass is 10.2. The Morgan fingerprint density at radius 3 is 2.48 bits per heavy atom. The fourth-order valence-corrected chi connectivity index (χ4v) is 6.05. The number of fused-ring (bicyclic) bond motifs is 1. The highest BCUT2D eigenvalue weighted by atomic mass is 35.5. The van der Waals surface area contributed by atoms with Crippen molar-refractivity contribution in [2.24, 2.45) is 0 Å². The summed E-state index contributed by atoms with van der Waals surface area (Å²) in [4.78, 5) is 12.9. The molecule has 2 heterocycles. The molecule has 3 aromatic rings. The van der Waals surface area contributed by atoms with Gasteiger partial charge in [-0.05, 0) is 35.2 Å². The SMILES string of the molecule is COc1cc(OC)c(NC=C2C(=O)c3sccc3N(Cc3ccc(F)cc3)S2(=O)=O)cc1Cl. The summed E-state index contributed by atoms with van der Waals surface area (Å²) in [6.07, 6.45) is 1.12. The maximum Gasteiger partial charge on any atom is 0.270 e. The van der Waals surface area contributed by atoms with Crippen molar-refractivity contribution in [2.45, 2.75) is 6.54 Å². The molecule has 0 unspecified atom stereocenters. The fraction of sp³-hybridized carbons (Fsp3) is 0.136. The second-order valence-electron chi connectivity index (χ2n) is 6.94. The smallest absolute Gasteiger partial charge is 0.270 e. The van der Waals surface area contributed by atoms with Crippen LogP contribution in [0.25, 0.3) is 0 Å². The summed E-state index contributed by atoms with van der Waals surface area (Å²) in [6, 6.07) is 10.1. The zero-order valence-corrected chi connectivity index (χ0v) is 19.9. The number of carbonyl (C=O) groups is 1. The van der Waals surface area contributed by atoms with E-state index in [1.54, 1.807) is 17.5 Å². The zero-order valence-electron chi connectivity index (χ0n) is 17.5. The summed E-state index contributed by atoms with van der Waals surface area (Å²) >= 11 is 7.33. The molecule has 0 atom stereocenters. The summed E-state index contributed by atoms with van der Waals surface area (Å²) < 4.78 is 51.8. The molecule has 0 fully saturated rings. The standard InChI is InChI=1S/C22H18ClFN2O5S2/c1-30-18-10-19(31-2)16(9-15(18)23)25-11-20-21(27)22-17(7-8-32-22)26(33(20,28)29)12-13-3-5-14(24)6-4-13/h3-11,25H,12H2,1-2H3. The van der Waals surface area contributed by atoms with Crippen molar-refractivity contribution in [1.82, 2.24) is 0 Å². The van der Waals surface area contributed by atoms with E-state index in [9.17, 15) is 17.6 Å². The molecule has 0 radical (unpaired) electrons. The van der Waals surface area contributed by atoms with E-state index in [0.717, 1.165) is 21.8 Å². The Morgan fingerprint density at radius 2 is 1.82 bits per heavy atom. The number of ketones is 1. The van der Waals surface area contributed by atoms with Gasteiger partial charge in [0.05, 0.1) is 37.2 Å². The number of thiophene rings is 1. The Labute approximate surface area is 199 Å². The average molecular weight is 509 g/mol. The molecule has 4 rings (SSSR count). The molecule has 33 heavy (non-hydrogen) atoms. The molecular weight excluding hydrogens is 491 g/mol. The van der Waals surface area contributed by atoms with E-state index >= 15 is 0 Å². The number of allylic oxidation sites excluding steroid dienone is 1. The summed E-state index contributed by atoms with van der Waals surface area (Å²) in [5.41, 5.74) is 1.21. The van der Waals surface area contributed by atoms with Gasteiger partial charge in [-0.2, -0.15) is 0 Å². The first-order valence-corrected chi connectivity index (χ1v) is 12.2. The lowest BCUT2D eigenvalue weighted by Crippen LogP contribution is -2.38. The van der Waals surface area contributed by atoms with E-state index in [1.165, 1.54) is 44.6 Å². The Kier molecular flexibility index (Phi) is 6.33. The van der Waals surface area contributed by atoms with E-state index in [0.29, 0.717) is 27.6 Å². The number of carbonyl (C=O) groups excluding carboxylic acids is 1. The highest BCUT2D eigenvalue weighted by Gasteiger charge is 2.41. The lowest BCUT2D eigenvalue weighted by molar-refractivity contribution is 0.104. The molecule has 7 nitrogen and oxygen atoms in total. The molecule has 1 aliphatic heterocycles. The number of methoxy groups -OCH3 is 2. The van der Waals surface area contributed by atoms with Crippen LogP contribution >= 0.6 is 22.9 Å². The van der Waals surface area contributed by atoms with Crippen LogP contribution in [-0.2, 0) is 16.6 Å². The Bertz CT molecular complexity index is 1350. The maximum absolute atomic E-state index is 13.4. The van der Waals surface area contributed by atoms with Crippen LogP contribution in [-0.4, -0.2) is 28.4 Å². The second-order valence-corrected chi connectivity index (χ2v) is 10.1. The quantitative estimate of drug-likeness (QED) is 0.469. The van der Waals surface area contributed by atoms with Gasteiger partial charge in [0, 0.05) is 12.3 Å². The predicted octanol–water partition coefficient (Wildman–Crippen LogP) is 5.04. The van der Waals surface area contributed by atoms with Crippen LogP contribution in [0, 0.1) is 5.82 Å². The number of halogens is 2. The van der Waals surface area contributed by atoms with Crippen molar-refractivity contribution in [3.8, 4) is 11.5 Å². The zero-order chi connectivity index (χ0) is 23.8. The monoisotopic (exact) mass is 508 g/mol. The summed E-state index contributed by atoms with van der Waals surface area (Å²) in [5, 5.41) is 4.75. The van der Waals surface area contributed by atoms with Crippen LogP contribution in [0.4, 0.5) is 15.8 Å². The number of nitrogens with one attached hydrogen (secondary N) is 1. The largest absolute Gasteiger partial charge is 0.495 e. The molecule has 1 N–H and O–H groups in total. The number of Topliss-reactive ketones (excluding diaryl/α,β-unsaturated/α-hetero) is 1. The molecule has 0 saturated carbocycles. The minimum atomic E-state index is -4.22. The van der Waals surface area contributed by atoms with Gasteiger partial charge in [0.2, 0.25) is 5.78 Å². The van der Waals surface area contributed by atoms with Crippen molar-refractivity contribution < 1.29 is 27.1 Å². The third-order valence-electron chi connectivity index (χ3n) is 4.98. The number of hydrogen-bond acceptors (Lipinski definition) is 7. The number of ether oxygens (including phenoxy) is 2. The van der Waals surface area contributed by atoms with E-state index in [1.807, 2.05) is 0 Å². The normalized spacial score (nSPS) is 15.9. The molecule has 0 spiro atoms. The van der Waals surface area contributed by atoms with E-state index in [4.69, 9.17) is 21.1 Å². The van der Waals surface area contributed by atoms with Crippen LogP contribution in [0.3, 0.4) is 0 Å². The first-order valence-electron chi connectivity index (χ1n) is 9.54. The highest BCUT2D eigenvalue weighted by Crippen LogP contribution is 2.40. The third kappa shape index (κ3) is 4.29. The number of hydrogen-bond donors (Lipinski definition) is 1. The average Bonchev–Trinajstić information content (AvgIpc) is 3.27. The predicted molar refractivity (Wildman–Crippen MR) is 126 cm³/mol. The van der Waals surface area contributed by atoms with Crippen LogP contribution in [0.15, 0.2) is 58.9 Å². The van der Waals surface area contributed by atoms with Crippen molar-refractivity contribution in [1.29, 1.82) is 0 Å². The lowest BCUT2D eigenvalue weighted by Gasteiger charge is -2.29. The fourth-order valence-electron chi connectivity index (χ4n) is 3.33. The molecule has 0 saturated heterocycles. The van der Waals surface area contributed by atoms with Gasteiger partial charge in [-0.15, -0.1) is 11.3 Å². The molecule has 0 aliphatic carbocycles. The summed E-state index contributed by atoms with van der Waals surface area (Å²) in [5.74, 6) is -0.333. The van der Waals surface area contributed by atoms with E-state index in [-0.39, 0.29) is 17.3 Å². The first-order chi connectivity index (χ1) is 15.8. The van der Waals surface area contributed by atoms with Gasteiger partial charge in [-0.25, -0.2) is 12.8 Å². The number of rotatable bonds is 6. The molecule has 0 amide bonds. The van der Waals surface area contributed by atoms with Crippen molar-refractivity contribution in [3.63, 3.8) is 0 Å². The maximum atomic E-state index is 13.4. The highest BCUT2D eigenvalue weighted by molar-refractivity contribution is 7.97. The topological polar surface area (TPSA) is 84.9 Å². The summed E-state index contributed by atoms with van der Waals surface area (Å²) in [7, 11) is -1.33. The number of benzene rings is 2. The Hall–Kier alpha value is -3.08. The second kappa shape index (κ2) is 9.05. The molecule has 1 aromatic heterocycles. The van der Waals surface area contributed by atoms with Gasteiger partial charge in [0.1, 0.15) is 22.2 Å². The number of sulfonamides is 1. The van der Waals surface area contributed by atoms with Gasteiger partial charge in [-0.1, -0.05) is 23.7 Å². The van der Waals surface area contributed by atoms with Gasteiger partial charge < -0.3 is 14.8 Å². The van der Waals surface area contributed by atoms with Crippen LogP contribution in [0.2, 0.25) is 5.02 Å². The van der Waals surface area contributed by atoms with Crippen LogP contribution in [0.1, 0.15) is 15.2 Å². The summed E-state index contributed by atoms with van der Waals surface area (Å²) in [6.45, 7) is -0.0609. The van der Waals surface area contributed by atoms with Crippen molar-refractivity contribution >= 4 is 50.1 Å². The van der Waals surface area contributed by atoms with E-state index < -0.39 is 26.5 Å². The van der Waals surface area contributed by atoms with Crippen LogP contribution in [0.5, 0.6) is 11.5 Å². The molecule has 172 valence electrons. The Balaban J connectivity index is 1.75. The number of nitrogens with zero attached hydrogens (tertiary/aromatic N) is 1. The number of anilines is 2. The van der Waals surface area contributed by atoms with Gasteiger partial charge in [0.15, 0.2) is 4.91 Å². The minimum Gasteiger partial charge on any atom is -0.495 e. The third-order valence-corrected chi connectivity index (χ3v) is 7.95. The minimum absolute atomic E-state index is 0.0609. The van der Waals surface area contributed by atoms with E-state index in [2.05, 4.69) is 5.32 Å². The van der Waals surface area contributed by atoms with Gasteiger partial charge in [0.25, 0.3) is 10.0 Å². The molecule has 11 heteroatoms. The molecular formula is C22H18ClFN2O5S2. The van der Waals surface area contributed by atoms with Crippen LogP contribution < -0.4 is 19.1 Å². The van der Waals surface area contributed by atoms with Crippen molar-refractivity contribution in [3.05, 3.63) is 80.2 Å².